The fourth-order valence-electron chi connectivity index (χ4n) is 6.19. The minimum Gasteiger partial charge on any atom is -0.341 e. The highest BCUT2D eigenvalue weighted by molar-refractivity contribution is 6.33. The molecule has 1 aliphatic heterocycles. The zero-order valence-electron chi connectivity index (χ0n) is 20.0. The zero-order valence-corrected chi connectivity index (χ0v) is 20.8. The maximum absolute atomic E-state index is 14.3. The van der Waals surface area contributed by atoms with E-state index < -0.39 is 11.6 Å². The van der Waals surface area contributed by atoms with Gasteiger partial charge in [-0.1, -0.05) is 18.0 Å². The number of hydrogen-bond donors (Lipinski definition) is 1. The monoisotopic (exact) mass is 528 g/mol. The molecule has 0 spiro atoms. The highest BCUT2D eigenvalue weighted by atomic mass is 35.5. The molecule has 1 N–H and O–H groups in total. The highest BCUT2D eigenvalue weighted by Gasteiger charge is 2.63. The molecule has 2 bridgehead atoms. The van der Waals surface area contributed by atoms with Gasteiger partial charge in [-0.3, -0.25) is 4.68 Å². The van der Waals surface area contributed by atoms with Crippen LogP contribution in [0.25, 0.3) is 22.6 Å². The number of rotatable bonds is 4. The number of hydrogen-bond acceptors (Lipinski definition) is 5. The van der Waals surface area contributed by atoms with Crippen LogP contribution >= 0.6 is 11.6 Å². The van der Waals surface area contributed by atoms with Crippen molar-refractivity contribution in [3.05, 3.63) is 47.6 Å². The predicted octanol–water partition coefficient (Wildman–Crippen LogP) is 6.20. The van der Waals surface area contributed by atoms with Crippen LogP contribution in [-0.2, 0) is 12.5 Å². The van der Waals surface area contributed by atoms with Crippen molar-refractivity contribution < 1.29 is 13.2 Å². The van der Waals surface area contributed by atoms with E-state index in [4.69, 9.17) is 11.6 Å². The first-order chi connectivity index (χ1) is 17.7. The summed E-state index contributed by atoms with van der Waals surface area (Å²) in [4.78, 5) is 4.40. The van der Waals surface area contributed by atoms with Gasteiger partial charge < -0.3 is 14.5 Å². The molecule has 37 heavy (non-hydrogen) atoms. The summed E-state index contributed by atoms with van der Waals surface area (Å²) in [5.41, 5.74) is 0.494. The first-order valence-electron chi connectivity index (χ1n) is 12.4. The first kappa shape index (κ1) is 22.8. The van der Waals surface area contributed by atoms with Gasteiger partial charge in [0.2, 0.25) is 0 Å². The van der Waals surface area contributed by atoms with E-state index in [1.54, 1.807) is 21.6 Å². The molecule has 192 valence electrons. The van der Waals surface area contributed by atoms with Gasteiger partial charge in [-0.2, -0.15) is 18.3 Å². The molecular weight excluding hydrogens is 505 g/mol. The Kier molecular flexibility index (Phi) is 4.83. The fraction of sp³-hybridized carbons (Fsp3) is 0.440. The molecule has 2 unspecified atom stereocenters. The van der Waals surface area contributed by atoms with E-state index in [0.29, 0.717) is 23.1 Å². The van der Waals surface area contributed by atoms with Crippen molar-refractivity contribution in [3.8, 4) is 22.6 Å². The number of fused-ring (bicyclic) bond motifs is 7. The SMILES string of the molecule is Cn1nccc1Nc1cc(-c2cc3n(c2)C2CCC(C2)n2c-3nnc2C2(C(F)(F)F)CCC2)c(Cl)cn1. The fourth-order valence-corrected chi connectivity index (χ4v) is 6.40. The Balaban J connectivity index is 1.33. The summed E-state index contributed by atoms with van der Waals surface area (Å²) in [6, 6.07) is 5.81. The van der Waals surface area contributed by atoms with Crippen molar-refractivity contribution >= 4 is 23.2 Å². The van der Waals surface area contributed by atoms with Gasteiger partial charge in [-0.15, -0.1) is 10.2 Å². The molecule has 7 rings (SSSR count). The molecule has 0 saturated heterocycles. The van der Waals surface area contributed by atoms with Crippen LogP contribution < -0.4 is 5.32 Å². The van der Waals surface area contributed by atoms with Crippen LogP contribution in [-0.4, -0.2) is 40.3 Å². The standard InChI is InChI=1S/C25H24ClF3N8/c1-35-21(5-8-31-35)32-20-11-17(18(26)12-30-20)14-9-19-22-33-34-23(24(6-2-7-24)25(27,28)29)37(22)16-4-3-15(10-16)36(19)13-14/h5,8-9,11-13,15-16H,2-4,6-7,10H2,1H3,(H,30,32). The van der Waals surface area contributed by atoms with E-state index in [0.717, 1.165) is 41.9 Å². The van der Waals surface area contributed by atoms with Crippen LogP contribution in [0.1, 0.15) is 56.4 Å². The van der Waals surface area contributed by atoms with E-state index in [1.165, 1.54) is 0 Å². The molecule has 4 aromatic heterocycles. The molecule has 3 aliphatic rings. The van der Waals surface area contributed by atoms with Crippen molar-refractivity contribution in [1.29, 1.82) is 0 Å². The number of nitrogens with one attached hydrogen (secondary N) is 1. The van der Waals surface area contributed by atoms with Gasteiger partial charge in [0.15, 0.2) is 5.82 Å². The molecule has 5 heterocycles. The van der Waals surface area contributed by atoms with E-state index in [-0.39, 0.29) is 30.7 Å². The van der Waals surface area contributed by atoms with Crippen LogP contribution in [0.15, 0.2) is 36.8 Å². The zero-order chi connectivity index (χ0) is 25.5. The summed E-state index contributed by atoms with van der Waals surface area (Å²) in [6.07, 6.45) is 4.09. The summed E-state index contributed by atoms with van der Waals surface area (Å²) in [5.74, 6) is 1.96. The third kappa shape index (κ3) is 3.29. The lowest BCUT2D eigenvalue weighted by atomic mass is 9.67. The number of pyridine rings is 1. The van der Waals surface area contributed by atoms with Gasteiger partial charge in [0.25, 0.3) is 0 Å². The molecule has 0 radical (unpaired) electrons. The van der Waals surface area contributed by atoms with Crippen molar-refractivity contribution in [3.63, 3.8) is 0 Å². The normalized spacial score (nSPS) is 21.8. The Labute approximate surface area is 215 Å². The average molecular weight is 529 g/mol. The number of anilines is 2. The first-order valence-corrected chi connectivity index (χ1v) is 12.8. The molecule has 0 amide bonds. The third-order valence-corrected chi connectivity index (χ3v) is 8.63. The van der Waals surface area contributed by atoms with E-state index >= 15 is 0 Å². The van der Waals surface area contributed by atoms with E-state index in [1.807, 2.05) is 31.4 Å². The van der Waals surface area contributed by atoms with Crippen molar-refractivity contribution in [2.75, 3.05) is 5.32 Å². The molecule has 8 nitrogen and oxygen atoms in total. The Bertz CT molecular complexity index is 1510. The molecule has 2 aliphatic carbocycles. The quantitative estimate of drug-likeness (QED) is 0.341. The van der Waals surface area contributed by atoms with Gasteiger partial charge >= 0.3 is 6.18 Å². The topological polar surface area (TPSA) is 78.4 Å². The number of aromatic nitrogens is 7. The molecule has 12 heteroatoms. The molecule has 2 saturated carbocycles. The van der Waals surface area contributed by atoms with Gasteiger partial charge in [-0.25, -0.2) is 4.98 Å². The van der Waals surface area contributed by atoms with Crippen LogP contribution in [0.3, 0.4) is 0 Å². The third-order valence-electron chi connectivity index (χ3n) is 8.33. The van der Waals surface area contributed by atoms with Gasteiger partial charge in [0, 0.05) is 48.7 Å². The van der Waals surface area contributed by atoms with Crippen LogP contribution in [0.4, 0.5) is 24.8 Å². The van der Waals surface area contributed by atoms with E-state index in [9.17, 15) is 13.2 Å². The number of alkyl halides is 3. The lowest BCUT2D eigenvalue weighted by molar-refractivity contribution is -0.216. The van der Waals surface area contributed by atoms with Gasteiger partial charge in [0.1, 0.15) is 22.9 Å². The van der Waals surface area contributed by atoms with E-state index in [2.05, 4.69) is 30.2 Å². The summed E-state index contributed by atoms with van der Waals surface area (Å²) < 4.78 is 48.5. The average Bonchev–Trinajstić information content (AvgIpc) is 3.58. The van der Waals surface area contributed by atoms with Crippen molar-refractivity contribution in [2.45, 2.75) is 62.2 Å². The van der Waals surface area contributed by atoms with Crippen LogP contribution in [0, 0.1) is 0 Å². The molecule has 2 atom stereocenters. The Morgan fingerprint density at radius 2 is 1.95 bits per heavy atom. The second kappa shape index (κ2) is 7.83. The minimum absolute atomic E-state index is 0.0348. The number of halogens is 4. The maximum atomic E-state index is 14.3. The Hall–Kier alpha value is -3.34. The van der Waals surface area contributed by atoms with Crippen LogP contribution in [0.5, 0.6) is 0 Å². The lowest BCUT2D eigenvalue weighted by Gasteiger charge is -2.42. The second-order valence-corrected chi connectivity index (χ2v) is 10.7. The maximum Gasteiger partial charge on any atom is 0.401 e. The molecular formula is C25H24ClF3N8. The Morgan fingerprint density at radius 3 is 2.65 bits per heavy atom. The largest absolute Gasteiger partial charge is 0.401 e. The van der Waals surface area contributed by atoms with Gasteiger partial charge in [0.05, 0.1) is 16.9 Å². The van der Waals surface area contributed by atoms with Crippen molar-refractivity contribution in [2.24, 2.45) is 7.05 Å². The summed E-state index contributed by atoms with van der Waals surface area (Å²) in [6.45, 7) is 0. The molecule has 2 fully saturated rings. The highest BCUT2D eigenvalue weighted by Crippen LogP contribution is 2.56. The number of nitrogens with zero attached hydrogens (tertiary/aromatic N) is 7. The summed E-state index contributed by atoms with van der Waals surface area (Å²) in [5, 5.41) is 16.5. The second-order valence-electron chi connectivity index (χ2n) is 10.3. The minimum atomic E-state index is -4.35. The Morgan fingerprint density at radius 1 is 1.14 bits per heavy atom. The summed E-state index contributed by atoms with van der Waals surface area (Å²) in [7, 11) is 1.83. The summed E-state index contributed by atoms with van der Waals surface area (Å²) >= 11 is 6.58. The lowest BCUT2D eigenvalue weighted by Crippen LogP contribution is -2.50. The smallest absolute Gasteiger partial charge is 0.341 e. The predicted molar refractivity (Wildman–Crippen MR) is 132 cm³/mol. The van der Waals surface area contributed by atoms with Crippen molar-refractivity contribution in [1.82, 2.24) is 34.1 Å². The van der Waals surface area contributed by atoms with Gasteiger partial charge in [-0.05, 0) is 44.2 Å². The van der Waals surface area contributed by atoms with Crippen LogP contribution in [0.2, 0.25) is 5.02 Å². The number of aryl methyl sites for hydroxylation is 1. The molecule has 0 aromatic carbocycles. The molecule has 4 aromatic rings.